The van der Waals surface area contributed by atoms with Gasteiger partial charge in [0.25, 0.3) is 0 Å². The lowest BCUT2D eigenvalue weighted by Crippen LogP contribution is -2.16. The van der Waals surface area contributed by atoms with E-state index in [1.807, 2.05) is 0 Å². The van der Waals surface area contributed by atoms with Gasteiger partial charge in [0.05, 0.1) is 0 Å². The van der Waals surface area contributed by atoms with Crippen molar-refractivity contribution in [2.45, 2.75) is 64.5 Å². The predicted octanol–water partition coefficient (Wildman–Crippen LogP) is 3.33. The van der Waals surface area contributed by atoms with Gasteiger partial charge in [-0.3, -0.25) is 0 Å². The third-order valence-electron chi connectivity index (χ3n) is 4.26. The van der Waals surface area contributed by atoms with Gasteiger partial charge in [0.1, 0.15) is 0 Å². The van der Waals surface area contributed by atoms with Crippen LogP contribution in [0.2, 0.25) is 0 Å². The zero-order valence-corrected chi connectivity index (χ0v) is 16.6. The number of halogens is 1. The molecule has 1 aromatic carbocycles. The third-order valence-corrected chi connectivity index (χ3v) is 4.26. The van der Waals surface area contributed by atoms with E-state index in [0.29, 0.717) is 0 Å². The maximum atomic E-state index is 5.50. The summed E-state index contributed by atoms with van der Waals surface area (Å²) in [6, 6.07) is 8.88. The summed E-state index contributed by atoms with van der Waals surface area (Å²) in [5, 5.41) is 7.08. The highest BCUT2D eigenvalue weighted by Crippen LogP contribution is 2.06. The molecule has 0 radical (unpaired) electrons. The lowest BCUT2D eigenvalue weighted by Gasteiger charge is -2.08. The van der Waals surface area contributed by atoms with Crippen molar-refractivity contribution in [2.75, 3.05) is 26.2 Å². The molecule has 0 spiro atoms. The number of benzene rings is 1. The first-order valence-electron chi connectivity index (χ1n) is 9.76. The van der Waals surface area contributed by atoms with Crippen LogP contribution in [0.1, 0.15) is 62.5 Å². The highest BCUT2D eigenvalue weighted by molar-refractivity contribution is 5.85. The van der Waals surface area contributed by atoms with Crippen LogP contribution >= 0.6 is 12.4 Å². The van der Waals surface area contributed by atoms with Gasteiger partial charge in [-0.05, 0) is 63.0 Å². The van der Waals surface area contributed by atoms with Gasteiger partial charge in [0.2, 0.25) is 0 Å². The Balaban J connectivity index is 0.00000576. The number of hydrogen-bond donors (Lipinski definition) is 4. The molecule has 25 heavy (non-hydrogen) atoms. The van der Waals surface area contributed by atoms with Crippen molar-refractivity contribution in [1.29, 1.82) is 0 Å². The van der Waals surface area contributed by atoms with Crippen molar-refractivity contribution in [3.63, 3.8) is 0 Å². The molecule has 0 fully saturated rings. The average molecular weight is 371 g/mol. The van der Waals surface area contributed by atoms with Crippen LogP contribution in [0.3, 0.4) is 0 Å². The Labute approximate surface area is 160 Å². The fraction of sp³-hybridized carbons (Fsp3) is 0.700. The topological polar surface area (TPSA) is 76.1 Å². The molecule has 146 valence electrons. The second-order valence-corrected chi connectivity index (χ2v) is 6.58. The summed E-state index contributed by atoms with van der Waals surface area (Å²) >= 11 is 0. The summed E-state index contributed by atoms with van der Waals surface area (Å²) in [5.74, 6) is 0. The number of nitrogens with two attached hydrogens (primary N) is 2. The van der Waals surface area contributed by atoms with Crippen LogP contribution in [-0.2, 0) is 13.1 Å². The highest BCUT2D eigenvalue weighted by atomic mass is 35.5. The van der Waals surface area contributed by atoms with E-state index in [0.717, 1.165) is 52.1 Å². The summed E-state index contributed by atoms with van der Waals surface area (Å²) < 4.78 is 0. The molecule has 0 aliphatic rings. The van der Waals surface area contributed by atoms with Crippen molar-refractivity contribution in [1.82, 2.24) is 10.6 Å². The monoisotopic (exact) mass is 370 g/mol. The van der Waals surface area contributed by atoms with Crippen molar-refractivity contribution < 1.29 is 0 Å². The first kappa shape index (κ1) is 24.4. The maximum Gasteiger partial charge on any atom is 0.0205 e. The summed E-state index contributed by atoms with van der Waals surface area (Å²) in [6.45, 7) is 5.75. The first-order chi connectivity index (χ1) is 11.9. The van der Waals surface area contributed by atoms with E-state index in [1.165, 1.54) is 49.7 Å². The molecule has 1 rings (SSSR count). The van der Waals surface area contributed by atoms with E-state index >= 15 is 0 Å². The minimum absolute atomic E-state index is 0. The van der Waals surface area contributed by atoms with E-state index in [9.17, 15) is 0 Å². The molecule has 4 nitrogen and oxygen atoms in total. The SMILES string of the molecule is Cl.NCCCCCCNCc1cccc(CNCCCCCCN)c1. The van der Waals surface area contributed by atoms with Gasteiger partial charge in [-0.2, -0.15) is 0 Å². The van der Waals surface area contributed by atoms with Gasteiger partial charge in [-0.1, -0.05) is 49.9 Å². The zero-order valence-electron chi connectivity index (χ0n) is 15.8. The van der Waals surface area contributed by atoms with Crippen LogP contribution in [0, 0.1) is 0 Å². The highest BCUT2D eigenvalue weighted by Gasteiger charge is 1.97. The molecule has 6 N–H and O–H groups in total. The van der Waals surface area contributed by atoms with E-state index in [-0.39, 0.29) is 12.4 Å². The summed E-state index contributed by atoms with van der Waals surface area (Å²) in [6.07, 6.45) is 9.86. The normalized spacial score (nSPS) is 10.6. The summed E-state index contributed by atoms with van der Waals surface area (Å²) in [5.41, 5.74) is 13.8. The molecule has 0 saturated heterocycles. The predicted molar refractivity (Wildman–Crippen MR) is 112 cm³/mol. The molecule has 0 bridgehead atoms. The molecule has 5 heteroatoms. The van der Waals surface area contributed by atoms with Gasteiger partial charge in [-0.15, -0.1) is 12.4 Å². The number of rotatable bonds is 16. The molecule has 0 aliphatic carbocycles. The lowest BCUT2D eigenvalue weighted by atomic mass is 10.1. The third kappa shape index (κ3) is 14.2. The van der Waals surface area contributed by atoms with Crippen molar-refractivity contribution in [3.8, 4) is 0 Å². The smallest absolute Gasteiger partial charge is 0.0205 e. The fourth-order valence-electron chi connectivity index (χ4n) is 2.81. The minimum Gasteiger partial charge on any atom is -0.330 e. The van der Waals surface area contributed by atoms with E-state index in [2.05, 4.69) is 34.9 Å². The molecule has 0 unspecified atom stereocenters. The number of unbranched alkanes of at least 4 members (excludes halogenated alkanes) is 6. The molecule has 1 aromatic rings. The summed E-state index contributed by atoms with van der Waals surface area (Å²) in [7, 11) is 0. The van der Waals surface area contributed by atoms with E-state index in [4.69, 9.17) is 11.5 Å². The molecular weight excluding hydrogens is 332 g/mol. The molecule has 0 amide bonds. The Morgan fingerprint density at radius 3 is 1.52 bits per heavy atom. The quantitative estimate of drug-likeness (QED) is 0.337. The Morgan fingerprint density at radius 2 is 1.08 bits per heavy atom. The molecule has 0 aromatic heterocycles. The van der Waals surface area contributed by atoms with Crippen LogP contribution in [-0.4, -0.2) is 26.2 Å². The Kier molecular flexibility index (Phi) is 17.7. The van der Waals surface area contributed by atoms with Gasteiger partial charge in [-0.25, -0.2) is 0 Å². The van der Waals surface area contributed by atoms with Crippen molar-refractivity contribution in [2.24, 2.45) is 11.5 Å². The van der Waals surface area contributed by atoms with E-state index in [1.54, 1.807) is 0 Å². The van der Waals surface area contributed by atoms with Gasteiger partial charge in [0.15, 0.2) is 0 Å². The molecule has 0 atom stereocenters. The average Bonchev–Trinajstić information content (AvgIpc) is 2.60. The largest absolute Gasteiger partial charge is 0.330 e. The van der Waals surface area contributed by atoms with E-state index < -0.39 is 0 Å². The Hall–Kier alpha value is -0.650. The van der Waals surface area contributed by atoms with Crippen molar-refractivity contribution >= 4 is 12.4 Å². The van der Waals surface area contributed by atoms with Gasteiger partial charge in [0, 0.05) is 13.1 Å². The zero-order chi connectivity index (χ0) is 17.3. The number of nitrogens with one attached hydrogen (secondary N) is 2. The summed E-state index contributed by atoms with van der Waals surface area (Å²) in [4.78, 5) is 0. The standard InChI is InChI=1S/C20H38N4.ClH/c21-12-5-1-3-7-14-23-17-19-10-9-11-20(16-19)18-24-15-8-4-2-6-13-22;/h9-11,16,23-24H,1-8,12-15,17-18,21-22H2;1H. The lowest BCUT2D eigenvalue weighted by molar-refractivity contribution is 0.586. The van der Waals surface area contributed by atoms with Crippen molar-refractivity contribution in [3.05, 3.63) is 35.4 Å². The van der Waals surface area contributed by atoms with Gasteiger partial charge >= 0.3 is 0 Å². The van der Waals surface area contributed by atoms with Crippen LogP contribution in [0.15, 0.2) is 24.3 Å². The van der Waals surface area contributed by atoms with Crippen LogP contribution < -0.4 is 22.1 Å². The number of hydrogen-bond acceptors (Lipinski definition) is 4. The second-order valence-electron chi connectivity index (χ2n) is 6.58. The fourth-order valence-corrected chi connectivity index (χ4v) is 2.81. The van der Waals surface area contributed by atoms with Gasteiger partial charge < -0.3 is 22.1 Å². The molecular formula is C20H39ClN4. The molecule has 0 aliphatic heterocycles. The molecule has 0 heterocycles. The van der Waals surface area contributed by atoms with Crippen LogP contribution in [0.25, 0.3) is 0 Å². The Bertz CT molecular complexity index is 368. The minimum atomic E-state index is 0. The second kappa shape index (κ2) is 18.2. The van der Waals surface area contributed by atoms with Crippen LogP contribution in [0.5, 0.6) is 0 Å². The maximum absolute atomic E-state index is 5.50. The first-order valence-corrected chi connectivity index (χ1v) is 9.76. The molecule has 0 saturated carbocycles. The Morgan fingerprint density at radius 1 is 0.640 bits per heavy atom. The van der Waals surface area contributed by atoms with Crippen LogP contribution in [0.4, 0.5) is 0 Å².